The molecule has 0 unspecified atom stereocenters. The zero-order valence-corrected chi connectivity index (χ0v) is 19.9. The van der Waals surface area contributed by atoms with Gasteiger partial charge in [0.2, 0.25) is 11.7 Å². The van der Waals surface area contributed by atoms with E-state index in [2.05, 4.69) is 10.1 Å². The van der Waals surface area contributed by atoms with Crippen LogP contribution in [0.5, 0.6) is 11.5 Å². The van der Waals surface area contributed by atoms with Gasteiger partial charge in [-0.3, -0.25) is 9.36 Å². The Balaban J connectivity index is 1.57. The van der Waals surface area contributed by atoms with Gasteiger partial charge in [0.1, 0.15) is 22.7 Å². The molecule has 5 aromatic rings. The lowest BCUT2D eigenvalue weighted by molar-refractivity contribution is 0.340. The fourth-order valence-electron chi connectivity index (χ4n) is 3.82. The number of para-hydroxylation sites is 1. The van der Waals surface area contributed by atoms with Gasteiger partial charge in [0.25, 0.3) is 5.56 Å². The first kappa shape index (κ1) is 22.6. The maximum absolute atomic E-state index is 13.5. The zero-order chi connectivity index (χ0) is 24.4. The van der Waals surface area contributed by atoms with E-state index in [9.17, 15) is 9.59 Å². The van der Waals surface area contributed by atoms with Crippen molar-refractivity contribution in [3.05, 3.63) is 86.7 Å². The Hall–Kier alpha value is -4.18. The lowest BCUT2D eigenvalue weighted by atomic mass is 10.2. The van der Waals surface area contributed by atoms with Gasteiger partial charge in [0, 0.05) is 0 Å². The van der Waals surface area contributed by atoms with Gasteiger partial charge in [-0.2, -0.15) is 4.98 Å². The van der Waals surface area contributed by atoms with Crippen molar-refractivity contribution in [1.82, 2.24) is 19.3 Å². The Bertz CT molecular complexity index is 1600. The van der Waals surface area contributed by atoms with Crippen LogP contribution in [0.15, 0.2) is 74.1 Å². The van der Waals surface area contributed by atoms with Gasteiger partial charge in [-0.25, -0.2) is 9.36 Å². The molecule has 0 saturated heterocycles. The highest BCUT2D eigenvalue weighted by Gasteiger charge is 2.19. The number of hydrogen-bond acceptors (Lipinski definition) is 8. The van der Waals surface area contributed by atoms with Crippen molar-refractivity contribution in [2.45, 2.75) is 20.4 Å². The summed E-state index contributed by atoms with van der Waals surface area (Å²) >= 11 is 1.28. The first-order chi connectivity index (χ1) is 17.1. The number of ether oxygens (including phenoxy) is 2. The average molecular weight is 491 g/mol. The van der Waals surface area contributed by atoms with Crippen LogP contribution in [0.1, 0.15) is 19.7 Å². The number of fused-ring (bicyclic) bond motifs is 1. The quantitative estimate of drug-likeness (QED) is 0.323. The van der Waals surface area contributed by atoms with E-state index < -0.39 is 5.69 Å². The molecule has 0 aliphatic carbocycles. The van der Waals surface area contributed by atoms with Crippen molar-refractivity contribution in [1.29, 1.82) is 0 Å². The second kappa shape index (κ2) is 9.59. The molecule has 3 aromatic heterocycles. The second-order valence-corrected chi connectivity index (χ2v) is 8.43. The molecule has 5 rings (SSSR count). The summed E-state index contributed by atoms with van der Waals surface area (Å²) in [5, 5.41) is 5.87. The highest BCUT2D eigenvalue weighted by molar-refractivity contribution is 7.17. The molecule has 0 aliphatic heterocycles. The van der Waals surface area contributed by atoms with Crippen molar-refractivity contribution in [2.75, 3.05) is 13.2 Å². The van der Waals surface area contributed by atoms with Gasteiger partial charge in [-0.05, 0) is 61.7 Å². The van der Waals surface area contributed by atoms with Gasteiger partial charge >= 0.3 is 5.69 Å². The van der Waals surface area contributed by atoms with E-state index >= 15 is 0 Å². The first-order valence-corrected chi connectivity index (χ1v) is 12.0. The number of rotatable bonds is 8. The van der Waals surface area contributed by atoms with E-state index in [0.717, 1.165) is 4.57 Å². The molecule has 2 aromatic carbocycles. The Morgan fingerprint density at radius 1 is 0.971 bits per heavy atom. The summed E-state index contributed by atoms with van der Waals surface area (Å²) in [5.74, 6) is 1.90. The second-order valence-electron chi connectivity index (χ2n) is 7.51. The molecule has 0 radical (unpaired) electrons. The summed E-state index contributed by atoms with van der Waals surface area (Å²) < 4.78 is 19.7. The number of hydrogen-bond donors (Lipinski definition) is 0. The number of thiophene rings is 1. The van der Waals surface area contributed by atoms with Crippen LogP contribution in [-0.2, 0) is 6.54 Å². The molecule has 178 valence electrons. The Morgan fingerprint density at radius 2 is 1.74 bits per heavy atom. The predicted octanol–water partition coefficient (Wildman–Crippen LogP) is 4.11. The highest BCUT2D eigenvalue weighted by Crippen LogP contribution is 2.28. The third kappa shape index (κ3) is 4.24. The minimum absolute atomic E-state index is 0.00712. The summed E-state index contributed by atoms with van der Waals surface area (Å²) in [6, 6.07) is 16.0. The standard InChI is InChI=1S/C25H22N4O5S/c1-3-32-17-11-9-16(10-12-17)29-24(30)22-19(13-14-35-22)28(25(29)31)15-21-26-23(27-34-21)18-7-5-6-8-20(18)33-4-2/h5-14H,3-4,15H2,1-2H3. The summed E-state index contributed by atoms with van der Waals surface area (Å²) in [4.78, 5) is 31.2. The van der Waals surface area contributed by atoms with E-state index in [-0.39, 0.29) is 18.0 Å². The van der Waals surface area contributed by atoms with Crippen LogP contribution in [0, 0.1) is 0 Å². The van der Waals surface area contributed by atoms with E-state index in [1.807, 2.05) is 38.1 Å². The minimum Gasteiger partial charge on any atom is -0.494 e. The van der Waals surface area contributed by atoms with Gasteiger partial charge in [0.05, 0.1) is 30.0 Å². The lowest BCUT2D eigenvalue weighted by Crippen LogP contribution is -2.38. The largest absolute Gasteiger partial charge is 0.494 e. The van der Waals surface area contributed by atoms with Crippen LogP contribution in [0.4, 0.5) is 0 Å². The molecular formula is C25H22N4O5S. The molecule has 3 heterocycles. The van der Waals surface area contributed by atoms with Crippen molar-refractivity contribution < 1.29 is 14.0 Å². The number of benzene rings is 2. The molecular weight excluding hydrogens is 468 g/mol. The molecule has 0 N–H and O–H groups in total. The zero-order valence-electron chi connectivity index (χ0n) is 19.1. The molecule has 0 amide bonds. The number of aromatic nitrogens is 4. The van der Waals surface area contributed by atoms with E-state index in [1.54, 1.807) is 35.7 Å². The molecule has 0 spiro atoms. The van der Waals surface area contributed by atoms with Gasteiger partial charge in [-0.1, -0.05) is 17.3 Å². The van der Waals surface area contributed by atoms with Gasteiger partial charge < -0.3 is 14.0 Å². The Labute approximate surface area is 203 Å². The summed E-state index contributed by atoms with van der Waals surface area (Å²) in [5.41, 5.74) is 0.777. The van der Waals surface area contributed by atoms with Crippen LogP contribution < -0.4 is 20.7 Å². The fraction of sp³-hybridized carbons (Fsp3) is 0.200. The van der Waals surface area contributed by atoms with Crippen LogP contribution in [0.25, 0.3) is 27.3 Å². The number of nitrogens with zero attached hydrogens (tertiary/aromatic N) is 4. The third-order valence-electron chi connectivity index (χ3n) is 5.35. The molecule has 35 heavy (non-hydrogen) atoms. The van der Waals surface area contributed by atoms with Crippen molar-refractivity contribution in [3.8, 4) is 28.6 Å². The van der Waals surface area contributed by atoms with Crippen molar-refractivity contribution in [2.24, 2.45) is 0 Å². The fourth-order valence-corrected chi connectivity index (χ4v) is 4.65. The van der Waals surface area contributed by atoms with Crippen molar-refractivity contribution >= 4 is 21.6 Å². The molecule has 0 saturated carbocycles. The smallest absolute Gasteiger partial charge is 0.336 e. The van der Waals surface area contributed by atoms with Gasteiger partial charge in [-0.15, -0.1) is 11.3 Å². The van der Waals surface area contributed by atoms with Crippen LogP contribution in [0.3, 0.4) is 0 Å². The SMILES string of the molecule is CCOc1ccc(-n2c(=O)c3sccc3n(Cc3nc(-c4ccccc4OCC)no3)c2=O)cc1. The molecule has 10 heteroatoms. The third-order valence-corrected chi connectivity index (χ3v) is 6.24. The van der Waals surface area contributed by atoms with Crippen LogP contribution >= 0.6 is 11.3 Å². The molecule has 0 aliphatic rings. The van der Waals surface area contributed by atoms with E-state index in [0.29, 0.717) is 52.0 Å². The van der Waals surface area contributed by atoms with E-state index in [1.165, 1.54) is 15.9 Å². The van der Waals surface area contributed by atoms with E-state index in [4.69, 9.17) is 14.0 Å². The molecule has 0 atom stereocenters. The molecule has 9 nitrogen and oxygen atoms in total. The summed E-state index contributed by atoms with van der Waals surface area (Å²) in [7, 11) is 0. The summed E-state index contributed by atoms with van der Waals surface area (Å²) in [6.07, 6.45) is 0. The van der Waals surface area contributed by atoms with Crippen LogP contribution in [0.2, 0.25) is 0 Å². The topological polar surface area (TPSA) is 101 Å². The molecule has 0 fully saturated rings. The predicted molar refractivity (Wildman–Crippen MR) is 133 cm³/mol. The highest BCUT2D eigenvalue weighted by atomic mass is 32.1. The van der Waals surface area contributed by atoms with Crippen molar-refractivity contribution in [3.63, 3.8) is 0 Å². The average Bonchev–Trinajstić information content (AvgIpc) is 3.54. The van der Waals surface area contributed by atoms with Crippen LogP contribution in [-0.4, -0.2) is 32.5 Å². The molecule has 0 bridgehead atoms. The first-order valence-electron chi connectivity index (χ1n) is 11.1. The monoisotopic (exact) mass is 490 g/mol. The maximum Gasteiger partial charge on any atom is 0.336 e. The Kier molecular flexibility index (Phi) is 6.19. The maximum atomic E-state index is 13.5. The van der Waals surface area contributed by atoms with Gasteiger partial charge in [0.15, 0.2) is 0 Å². The Morgan fingerprint density at radius 3 is 2.51 bits per heavy atom. The lowest BCUT2D eigenvalue weighted by Gasteiger charge is -2.11. The normalized spacial score (nSPS) is 11.1. The summed E-state index contributed by atoms with van der Waals surface area (Å²) in [6.45, 7) is 4.82. The minimum atomic E-state index is -0.500.